The lowest BCUT2D eigenvalue weighted by atomic mass is 9.91. The topological polar surface area (TPSA) is 315 Å². The van der Waals surface area contributed by atoms with E-state index in [1.54, 1.807) is 75.6 Å². The summed E-state index contributed by atoms with van der Waals surface area (Å²) in [6, 6.07) is -12.4. The van der Waals surface area contributed by atoms with E-state index in [9.17, 15) is 43.2 Å². The molecule has 0 heterocycles. The van der Waals surface area contributed by atoms with Gasteiger partial charge in [-0.2, -0.15) is 0 Å². The number of nitrogens with one attached hydrogen (secondary N) is 6. The van der Waals surface area contributed by atoms with E-state index in [0.29, 0.717) is 13.0 Å². The fraction of sp³-hybridized carbons (Fsp3) is 0.794. The number of rotatable bonds is 41. The van der Waals surface area contributed by atoms with Crippen molar-refractivity contribution in [3.63, 3.8) is 0 Å². The molecule has 0 radical (unpaired) electrons. The van der Waals surface area contributed by atoms with Crippen molar-refractivity contribution in [2.24, 2.45) is 41.4 Å². The monoisotopic (exact) mass is 1330 g/mol. The van der Waals surface area contributed by atoms with Gasteiger partial charge < -0.3 is 70.8 Å². The number of likely N-dealkylation sites (N-methyl/N-ethyl adjacent to an activating group) is 8. The lowest BCUT2D eigenvalue weighted by molar-refractivity contribution is -0.164. The largest absolute Gasteiger partial charge is 0.463 e. The third-order valence-corrected chi connectivity index (χ3v) is 17.0. The second kappa shape index (κ2) is 42.0. The van der Waals surface area contributed by atoms with Crippen molar-refractivity contribution >= 4 is 71.0 Å². The molecule has 10 amide bonds. The maximum Gasteiger partial charge on any atom is 0.328 e. The molecule has 0 aromatic carbocycles. The Morgan fingerprint density at radius 1 is 0.468 bits per heavy atom. The first-order valence-corrected chi connectivity index (χ1v) is 33.7. The molecule has 6 N–H and O–H groups in total. The van der Waals surface area contributed by atoms with Crippen LogP contribution in [0.2, 0.25) is 0 Å². The highest BCUT2D eigenvalue weighted by molar-refractivity contribution is 5.99. The number of carbonyl (C=O) groups excluding carboxylic acids is 12. The van der Waals surface area contributed by atoms with Crippen molar-refractivity contribution in [1.82, 2.24) is 61.3 Å². The molecule has 0 spiro atoms. The zero-order valence-corrected chi connectivity index (χ0v) is 62.2. The molecule has 94 heavy (non-hydrogen) atoms. The first-order chi connectivity index (χ1) is 43.6. The molecule has 0 fully saturated rings. The molecule has 26 heteroatoms. The van der Waals surface area contributed by atoms with Gasteiger partial charge in [-0.3, -0.25) is 52.7 Å². The van der Waals surface area contributed by atoms with E-state index in [1.165, 1.54) is 80.5 Å². The predicted molar refractivity (Wildman–Crippen MR) is 364 cm³/mol. The van der Waals surface area contributed by atoms with Gasteiger partial charge in [-0.25, -0.2) is 4.79 Å². The highest BCUT2D eigenvalue weighted by Gasteiger charge is 2.47. The fourth-order valence-electron chi connectivity index (χ4n) is 11.3. The van der Waals surface area contributed by atoms with Crippen LogP contribution in [0.25, 0.3) is 0 Å². The first-order valence-electron chi connectivity index (χ1n) is 33.7. The molecule has 13 atom stereocenters. The number of amides is 10. The highest BCUT2D eigenvalue weighted by Crippen LogP contribution is 2.27. The maximum absolute atomic E-state index is 15.2. The summed E-state index contributed by atoms with van der Waals surface area (Å²) < 4.78 is 11.3. The summed E-state index contributed by atoms with van der Waals surface area (Å²) >= 11 is 0. The van der Waals surface area contributed by atoms with Gasteiger partial charge in [-0.1, -0.05) is 109 Å². The summed E-state index contributed by atoms with van der Waals surface area (Å²) in [5.41, 5.74) is 0. The number of esters is 2. The summed E-state index contributed by atoms with van der Waals surface area (Å²) in [6.45, 7) is 35.3. The van der Waals surface area contributed by atoms with Gasteiger partial charge in [-0.15, -0.1) is 0 Å². The first kappa shape index (κ1) is 87.3. The molecular formula is C68H124N12O14. The Bertz CT molecular complexity index is 2530. The minimum Gasteiger partial charge on any atom is -0.463 e. The molecule has 0 saturated heterocycles. The van der Waals surface area contributed by atoms with Gasteiger partial charge in [0.2, 0.25) is 59.1 Å². The summed E-state index contributed by atoms with van der Waals surface area (Å²) in [7, 11) is 10.5. The standard InChI is InChI=1S/C68H124N12O14/c1-28-31-32-44(16)57(94-48(20)81)56(61(85)73-49(29-2)68(92)93-34-33-69-21)79(27)67(91)55(43(14)15)78(26)65(89)52(37-40(8)9)77(25)64(88)51(36-39(6)7)76(24)62(86)47(19)72-58(82)45(17)71-59(83)50(35-38(4)5)75(23)66(90)53(41(10)11)74-60(84)54(42(12)13)80(30-3)63(87)46(18)70-22/h28,31,38-47,49-57,69-70H,29-30,32-37H2,1-27H3,(H,71,83)(H,72,82)(H,73,85)(H,74,84)/b31-28+/t44-,45+,46-,47-,49+,50+,51+,52+,53+,54+,55+,56+,57-/m1/s1. The smallest absolute Gasteiger partial charge is 0.328 e. The molecule has 540 valence electrons. The van der Waals surface area contributed by atoms with Gasteiger partial charge in [0.25, 0.3) is 0 Å². The van der Waals surface area contributed by atoms with Crippen LogP contribution in [0.4, 0.5) is 0 Å². The number of hydrogen-bond acceptors (Lipinski definition) is 16. The maximum atomic E-state index is 15.2. The number of carbonyl (C=O) groups is 12. The SMILES string of the molecule is C/C=C/C[C@@H](C)[C@@H](OC(C)=O)[C@@H](C(=O)N[C@@H](CC)C(=O)OCCNC)N(C)C(=O)[C@H](C(C)C)N(C)C(=O)[C@H](CC(C)C)N(C)C(=O)[C@H](CC(C)C)N(C)C(=O)[C@@H](C)NC(=O)[C@H](C)NC(=O)[C@H](CC(C)C)N(C)C(=O)[C@@H](NC(=O)[C@H](C(C)C)N(CC)C(=O)[C@@H](C)NC)C(C)C. The molecule has 0 bridgehead atoms. The molecule has 0 unspecified atom stereocenters. The molecule has 0 aromatic heterocycles. The summed E-state index contributed by atoms with van der Waals surface area (Å²) in [5, 5.41) is 16.8. The van der Waals surface area contributed by atoms with E-state index in [0.717, 1.165) is 4.90 Å². The van der Waals surface area contributed by atoms with Crippen molar-refractivity contribution in [1.29, 1.82) is 0 Å². The van der Waals surface area contributed by atoms with E-state index >= 15 is 14.4 Å². The Morgan fingerprint density at radius 3 is 1.36 bits per heavy atom. The Hall–Kier alpha value is -6.70. The van der Waals surface area contributed by atoms with E-state index in [-0.39, 0.29) is 68.4 Å². The van der Waals surface area contributed by atoms with Crippen LogP contribution >= 0.6 is 0 Å². The zero-order chi connectivity index (χ0) is 73.1. The lowest BCUT2D eigenvalue weighted by Crippen LogP contribution is -2.63. The highest BCUT2D eigenvalue weighted by atomic mass is 16.5. The number of nitrogens with zero attached hydrogens (tertiary/aromatic N) is 6. The van der Waals surface area contributed by atoms with Gasteiger partial charge >= 0.3 is 11.9 Å². The van der Waals surface area contributed by atoms with Gasteiger partial charge in [0, 0.05) is 55.3 Å². The van der Waals surface area contributed by atoms with Crippen LogP contribution in [0, 0.1) is 41.4 Å². The average molecular weight is 1330 g/mol. The predicted octanol–water partition coefficient (Wildman–Crippen LogP) is 3.74. The van der Waals surface area contributed by atoms with Gasteiger partial charge in [-0.05, 0) is 122 Å². The molecule has 26 nitrogen and oxygen atoms in total. The van der Waals surface area contributed by atoms with Crippen molar-refractivity contribution in [2.45, 2.75) is 243 Å². The van der Waals surface area contributed by atoms with Crippen LogP contribution in [0.15, 0.2) is 12.2 Å². The van der Waals surface area contributed by atoms with Gasteiger partial charge in [0.05, 0.1) is 6.04 Å². The lowest BCUT2D eigenvalue weighted by Gasteiger charge is -2.42. The van der Waals surface area contributed by atoms with Crippen LogP contribution in [0.3, 0.4) is 0 Å². The normalized spacial score (nSPS) is 15.9. The van der Waals surface area contributed by atoms with Gasteiger partial charge in [0.15, 0.2) is 0 Å². The summed E-state index contributed by atoms with van der Waals surface area (Å²) in [6.07, 6.45) is 3.32. The molecule has 0 aliphatic heterocycles. The van der Waals surface area contributed by atoms with Gasteiger partial charge in [0.1, 0.15) is 73.1 Å². The van der Waals surface area contributed by atoms with Crippen molar-refractivity contribution < 1.29 is 67.0 Å². The number of ether oxygens (including phenoxy) is 2. The molecule has 0 aliphatic rings. The third-order valence-electron chi connectivity index (χ3n) is 17.0. The molecule has 0 rings (SSSR count). The Balaban J connectivity index is 7.14. The minimum atomic E-state index is -1.51. The average Bonchev–Trinajstić information content (AvgIpc) is 0.860. The molecular weight excluding hydrogens is 1210 g/mol. The van der Waals surface area contributed by atoms with Crippen LogP contribution in [-0.4, -0.2) is 242 Å². The fourth-order valence-corrected chi connectivity index (χ4v) is 11.3. The van der Waals surface area contributed by atoms with Crippen molar-refractivity contribution in [3.05, 3.63) is 12.2 Å². The quantitative estimate of drug-likeness (QED) is 0.0289. The van der Waals surface area contributed by atoms with Crippen LogP contribution in [0.5, 0.6) is 0 Å². The molecule has 0 aromatic rings. The molecule has 0 aliphatic carbocycles. The van der Waals surface area contributed by atoms with E-state index in [2.05, 4.69) is 31.9 Å². The number of hydrogen-bond donors (Lipinski definition) is 6. The number of allylic oxidation sites excluding steroid dienone is 2. The Kier molecular flexibility index (Phi) is 39.0. The minimum absolute atomic E-state index is 0.0338. The van der Waals surface area contributed by atoms with E-state index in [1.807, 2.05) is 68.4 Å². The van der Waals surface area contributed by atoms with E-state index < -0.39 is 155 Å². The Labute approximate surface area is 563 Å². The van der Waals surface area contributed by atoms with Crippen molar-refractivity contribution in [2.75, 3.05) is 69.0 Å². The van der Waals surface area contributed by atoms with Crippen molar-refractivity contribution in [3.8, 4) is 0 Å². The Morgan fingerprint density at radius 2 is 0.926 bits per heavy atom. The van der Waals surface area contributed by atoms with Crippen LogP contribution in [-0.2, 0) is 67.0 Å². The molecule has 0 saturated carbocycles. The second-order valence-corrected chi connectivity index (χ2v) is 27.4. The summed E-state index contributed by atoms with van der Waals surface area (Å²) in [4.78, 5) is 178. The van der Waals surface area contributed by atoms with E-state index in [4.69, 9.17) is 9.47 Å². The summed E-state index contributed by atoms with van der Waals surface area (Å²) in [5.74, 6) is -9.91. The van der Waals surface area contributed by atoms with Crippen LogP contribution in [0.1, 0.15) is 171 Å². The zero-order valence-electron chi connectivity index (χ0n) is 62.2. The van der Waals surface area contributed by atoms with Crippen LogP contribution < -0.4 is 31.9 Å². The third kappa shape index (κ3) is 26.1. The second-order valence-electron chi connectivity index (χ2n) is 27.4.